The van der Waals surface area contributed by atoms with E-state index in [2.05, 4.69) is 58.2 Å². The van der Waals surface area contributed by atoms with Gasteiger partial charge in [-0.15, -0.1) is 0 Å². The van der Waals surface area contributed by atoms with E-state index in [0.717, 1.165) is 12.8 Å². The molecule has 3 nitrogen and oxygen atoms in total. The molecule has 4 heteroatoms. The lowest BCUT2D eigenvalue weighted by molar-refractivity contribution is -0.0321. The van der Waals surface area contributed by atoms with Crippen molar-refractivity contribution in [1.82, 2.24) is 0 Å². The average Bonchev–Trinajstić information content (AvgIpc) is 2.77. The first-order valence-corrected chi connectivity index (χ1v) is 11.6. The van der Waals surface area contributed by atoms with E-state index in [0.29, 0.717) is 11.8 Å². The highest BCUT2D eigenvalue weighted by molar-refractivity contribution is 6.74. The van der Waals surface area contributed by atoms with Gasteiger partial charge in [0.05, 0.1) is 18.1 Å². The van der Waals surface area contributed by atoms with E-state index in [-0.39, 0.29) is 17.1 Å². The van der Waals surface area contributed by atoms with Crippen LogP contribution in [0.5, 0.6) is 0 Å². The van der Waals surface area contributed by atoms with Crippen LogP contribution in [-0.2, 0) is 9.16 Å². The maximum atomic E-state index is 9.78. The molecule has 0 N–H and O–H groups in total. The molecule has 126 valence electrons. The molecule has 0 heterocycles. The number of fused-ring (bicyclic) bond motifs is 2. The quantitative estimate of drug-likeness (QED) is 0.567. The fourth-order valence-corrected chi connectivity index (χ4v) is 5.39. The zero-order valence-corrected chi connectivity index (χ0v) is 16.2. The number of rotatable bonds is 3. The summed E-state index contributed by atoms with van der Waals surface area (Å²) in [6.07, 6.45) is 8.69. The number of ether oxygens (including phenoxy) is 1. The van der Waals surface area contributed by atoms with Gasteiger partial charge < -0.3 is 9.16 Å². The summed E-state index contributed by atoms with van der Waals surface area (Å²) in [6, 6.07) is 2.55. The van der Waals surface area contributed by atoms with Crippen LogP contribution >= 0.6 is 0 Å². The maximum absolute atomic E-state index is 9.78. The van der Waals surface area contributed by atoms with E-state index < -0.39 is 13.9 Å². The van der Waals surface area contributed by atoms with Crippen molar-refractivity contribution in [3.8, 4) is 6.07 Å². The van der Waals surface area contributed by atoms with Gasteiger partial charge in [0.15, 0.2) is 8.32 Å². The summed E-state index contributed by atoms with van der Waals surface area (Å²) in [4.78, 5) is 0. The van der Waals surface area contributed by atoms with Crippen LogP contribution in [0.25, 0.3) is 0 Å². The number of hydrogen-bond acceptors (Lipinski definition) is 3. The molecule has 0 saturated heterocycles. The van der Waals surface area contributed by atoms with Gasteiger partial charge in [0.25, 0.3) is 0 Å². The Morgan fingerprint density at radius 1 is 1.30 bits per heavy atom. The van der Waals surface area contributed by atoms with E-state index in [9.17, 15) is 5.26 Å². The monoisotopic (exact) mass is 331 g/mol. The zero-order chi connectivity index (χ0) is 17.0. The molecule has 1 fully saturated rings. The predicted octanol–water partition coefficient (Wildman–Crippen LogP) is 4.44. The molecule has 1 unspecified atom stereocenters. The zero-order valence-electron chi connectivity index (χ0n) is 15.2. The number of allylic oxidation sites excluding steroid dienone is 3. The number of methoxy groups -OCH3 is 1. The molecule has 0 aromatic heterocycles. The maximum Gasteiger partial charge on any atom is 0.192 e. The molecule has 3 rings (SSSR count). The minimum atomic E-state index is -1.84. The van der Waals surface area contributed by atoms with Crippen LogP contribution in [0.1, 0.15) is 33.6 Å². The Balaban J connectivity index is 1.94. The van der Waals surface area contributed by atoms with E-state index in [1.54, 1.807) is 7.11 Å². The summed E-state index contributed by atoms with van der Waals surface area (Å²) >= 11 is 0. The molecule has 0 aliphatic heterocycles. The Labute approximate surface area is 141 Å². The minimum Gasteiger partial charge on any atom is -0.410 e. The molecule has 5 atom stereocenters. The van der Waals surface area contributed by atoms with Gasteiger partial charge in [0.2, 0.25) is 0 Å². The Hall–Kier alpha value is -0.893. The Kier molecular flexibility index (Phi) is 3.91. The highest BCUT2D eigenvalue weighted by atomic mass is 28.4. The van der Waals surface area contributed by atoms with Crippen LogP contribution in [0.3, 0.4) is 0 Å². The first-order chi connectivity index (χ1) is 10.7. The van der Waals surface area contributed by atoms with Crippen molar-refractivity contribution < 1.29 is 9.16 Å². The fraction of sp³-hybridized carbons (Fsp3) is 0.737. The molecule has 0 aromatic carbocycles. The van der Waals surface area contributed by atoms with Crippen LogP contribution in [0.15, 0.2) is 23.8 Å². The van der Waals surface area contributed by atoms with Crippen LogP contribution in [0.2, 0.25) is 18.1 Å². The molecule has 0 amide bonds. The second kappa shape index (κ2) is 5.30. The van der Waals surface area contributed by atoms with Crippen molar-refractivity contribution >= 4 is 8.32 Å². The third kappa shape index (κ3) is 2.36. The van der Waals surface area contributed by atoms with E-state index >= 15 is 0 Å². The van der Waals surface area contributed by atoms with Gasteiger partial charge in [-0.25, -0.2) is 0 Å². The highest BCUT2D eigenvalue weighted by Gasteiger charge is 2.58. The molecule has 0 bridgehead atoms. The van der Waals surface area contributed by atoms with Crippen molar-refractivity contribution in [3.63, 3.8) is 0 Å². The van der Waals surface area contributed by atoms with Gasteiger partial charge in [-0.1, -0.05) is 39.0 Å². The van der Waals surface area contributed by atoms with Crippen LogP contribution < -0.4 is 0 Å². The second-order valence-electron chi connectivity index (χ2n) is 8.77. The summed E-state index contributed by atoms with van der Waals surface area (Å²) in [5, 5.41) is 9.97. The standard InChI is InChI=1S/C19H29NO2Si/c1-18(2,3)23(5,6)22-17-9-10-19(21-4)15(17)11-13-7-8-14(13)16(19)12-20/h7-8,11,13-14,16-17H,9-10H2,1-6H3/t13-,14?,16+,17+,19-/m1/s1. The van der Waals surface area contributed by atoms with Crippen molar-refractivity contribution in [1.29, 1.82) is 5.26 Å². The van der Waals surface area contributed by atoms with Crippen molar-refractivity contribution in [2.75, 3.05) is 7.11 Å². The van der Waals surface area contributed by atoms with Gasteiger partial charge in [-0.3, -0.25) is 0 Å². The van der Waals surface area contributed by atoms with Crippen molar-refractivity contribution in [2.45, 2.75) is 63.5 Å². The van der Waals surface area contributed by atoms with Crippen LogP contribution in [0.4, 0.5) is 0 Å². The van der Waals surface area contributed by atoms with Crippen molar-refractivity contribution in [3.05, 3.63) is 23.8 Å². The summed E-state index contributed by atoms with van der Waals surface area (Å²) < 4.78 is 12.7. The van der Waals surface area contributed by atoms with E-state index in [1.807, 2.05) is 0 Å². The van der Waals surface area contributed by atoms with E-state index in [4.69, 9.17) is 9.16 Å². The van der Waals surface area contributed by atoms with Crippen LogP contribution in [0, 0.1) is 29.1 Å². The van der Waals surface area contributed by atoms with E-state index in [1.165, 1.54) is 5.57 Å². The first-order valence-electron chi connectivity index (χ1n) is 8.69. The van der Waals surface area contributed by atoms with Gasteiger partial charge >= 0.3 is 0 Å². The summed E-state index contributed by atoms with van der Waals surface area (Å²) in [5.41, 5.74) is 0.801. The molecule has 1 saturated carbocycles. The summed E-state index contributed by atoms with van der Waals surface area (Å²) in [7, 11) is -0.0829. The van der Waals surface area contributed by atoms with Crippen molar-refractivity contribution in [2.24, 2.45) is 17.8 Å². The van der Waals surface area contributed by atoms with Gasteiger partial charge in [0.1, 0.15) is 5.60 Å². The first kappa shape index (κ1) is 16.9. The summed E-state index contributed by atoms with van der Waals surface area (Å²) in [5.74, 6) is 0.618. The molecular weight excluding hydrogens is 302 g/mol. The predicted molar refractivity (Wildman–Crippen MR) is 94.4 cm³/mol. The SMILES string of the molecule is CO[C@]12CC[C@H](O[Si](C)(C)C(C)(C)C)C1=C[C@H]1C=CC1[C@@H]2C#N. The highest BCUT2D eigenvalue weighted by Crippen LogP contribution is 2.56. The molecule has 0 spiro atoms. The topological polar surface area (TPSA) is 42.2 Å². The van der Waals surface area contributed by atoms with Gasteiger partial charge in [0, 0.05) is 18.9 Å². The number of hydrogen-bond donors (Lipinski definition) is 0. The third-order valence-corrected chi connectivity index (χ3v) is 11.1. The minimum absolute atomic E-state index is 0.0875. The molecule has 23 heavy (non-hydrogen) atoms. The Bertz CT molecular complexity index is 595. The van der Waals surface area contributed by atoms with Gasteiger partial charge in [-0.05, 0) is 36.5 Å². The Morgan fingerprint density at radius 3 is 2.48 bits per heavy atom. The summed E-state index contributed by atoms with van der Waals surface area (Å²) in [6.45, 7) is 11.4. The molecule has 3 aliphatic carbocycles. The molecule has 0 radical (unpaired) electrons. The molecular formula is C19H29NO2Si. The third-order valence-electron chi connectivity index (χ3n) is 6.62. The Morgan fingerprint density at radius 2 is 2.00 bits per heavy atom. The average molecular weight is 332 g/mol. The fourth-order valence-electron chi connectivity index (χ4n) is 4.08. The lowest BCUT2D eigenvalue weighted by atomic mass is 9.61. The largest absolute Gasteiger partial charge is 0.410 e. The molecule has 3 aliphatic rings. The number of nitriles is 1. The second-order valence-corrected chi connectivity index (χ2v) is 13.5. The lowest BCUT2D eigenvalue weighted by Gasteiger charge is -2.47. The smallest absolute Gasteiger partial charge is 0.192 e. The van der Waals surface area contributed by atoms with Gasteiger partial charge in [-0.2, -0.15) is 5.26 Å². The molecule has 0 aromatic rings. The normalized spacial score (nSPS) is 39.1. The number of nitrogens with zero attached hydrogens (tertiary/aromatic N) is 1. The lowest BCUT2D eigenvalue weighted by Crippen LogP contribution is -2.51. The van der Waals surface area contributed by atoms with Crippen LogP contribution in [-0.4, -0.2) is 27.1 Å².